The SMILES string of the molecule is O=C1N[C@H]2CCCCCC=C[C@@H]3C[C@@]3(C(=O)NS(=O)(=O)C3CC3)NC(=O)[C@@H]3C[C@H](CN3C2=O)NC(=O)c2cncc(c2)-c2cccc(c2)OCCCCO1. The van der Waals surface area contributed by atoms with Crippen molar-refractivity contribution < 1.29 is 41.9 Å². The summed E-state index contributed by atoms with van der Waals surface area (Å²) in [7, 11) is -3.90. The van der Waals surface area contributed by atoms with Gasteiger partial charge in [0.2, 0.25) is 21.8 Å². The van der Waals surface area contributed by atoms with E-state index >= 15 is 0 Å². The van der Waals surface area contributed by atoms with Crippen LogP contribution in [-0.2, 0) is 29.1 Å². The molecule has 288 valence electrons. The van der Waals surface area contributed by atoms with Crippen molar-refractivity contribution in [2.45, 2.75) is 99.5 Å². The Morgan fingerprint density at radius 1 is 0.907 bits per heavy atom. The number of carbonyl (C=O) groups is 5. The molecular formula is C38H46N6O9S. The second kappa shape index (κ2) is 15.8. The molecule has 0 spiro atoms. The second-order valence-corrected chi connectivity index (χ2v) is 16.8. The lowest BCUT2D eigenvalue weighted by Crippen LogP contribution is -2.58. The van der Waals surface area contributed by atoms with Crippen molar-refractivity contribution in [3.05, 3.63) is 60.4 Å². The Bertz CT molecular complexity index is 1930. The molecule has 4 N–H and O–H groups in total. The van der Waals surface area contributed by atoms with E-state index in [-0.39, 0.29) is 38.0 Å². The van der Waals surface area contributed by atoms with Gasteiger partial charge in [-0.25, -0.2) is 13.2 Å². The third-order valence-electron chi connectivity index (χ3n) is 10.7. The zero-order valence-corrected chi connectivity index (χ0v) is 30.8. The van der Waals surface area contributed by atoms with E-state index in [0.717, 1.165) is 18.4 Å². The number of hydrogen-bond donors (Lipinski definition) is 4. The molecule has 15 nitrogen and oxygen atoms in total. The molecule has 5 atom stereocenters. The normalized spacial score (nSPS) is 28.3. The molecule has 16 heteroatoms. The summed E-state index contributed by atoms with van der Waals surface area (Å²) < 4.78 is 39.2. The monoisotopic (exact) mass is 762 g/mol. The highest BCUT2D eigenvalue weighted by Crippen LogP contribution is 2.46. The van der Waals surface area contributed by atoms with Gasteiger partial charge in [0.25, 0.3) is 11.8 Å². The summed E-state index contributed by atoms with van der Waals surface area (Å²) in [5.41, 5.74) is 0.224. The Labute approximate surface area is 314 Å². The van der Waals surface area contributed by atoms with Gasteiger partial charge >= 0.3 is 6.09 Å². The third-order valence-corrected chi connectivity index (χ3v) is 12.5. The molecule has 2 saturated carbocycles. The van der Waals surface area contributed by atoms with E-state index in [1.165, 1.54) is 11.1 Å². The highest BCUT2D eigenvalue weighted by atomic mass is 32.2. The van der Waals surface area contributed by atoms with E-state index in [1.54, 1.807) is 12.3 Å². The molecular weight excluding hydrogens is 717 g/mol. The Kier molecular flexibility index (Phi) is 10.9. The number of rotatable bonds is 3. The van der Waals surface area contributed by atoms with Gasteiger partial charge in [-0.15, -0.1) is 0 Å². The minimum absolute atomic E-state index is 0.00552. The van der Waals surface area contributed by atoms with Gasteiger partial charge in [-0.2, -0.15) is 0 Å². The first-order chi connectivity index (χ1) is 26.0. The van der Waals surface area contributed by atoms with Gasteiger partial charge in [0.15, 0.2) is 0 Å². The second-order valence-electron chi connectivity index (χ2n) is 14.8. The number of hydrogen-bond acceptors (Lipinski definition) is 10. The first kappa shape index (κ1) is 37.3. The molecule has 2 aliphatic carbocycles. The summed E-state index contributed by atoms with van der Waals surface area (Å²) in [4.78, 5) is 74.6. The molecule has 4 heterocycles. The van der Waals surface area contributed by atoms with Crippen LogP contribution >= 0.6 is 0 Å². The Morgan fingerprint density at radius 2 is 1.70 bits per heavy atom. The van der Waals surface area contributed by atoms with Crippen LogP contribution < -0.4 is 25.4 Å². The van der Waals surface area contributed by atoms with Crippen LogP contribution in [0.3, 0.4) is 0 Å². The van der Waals surface area contributed by atoms with E-state index in [2.05, 4.69) is 25.7 Å². The Morgan fingerprint density at radius 3 is 2.52 bits per heavy atom. The maximum absolute atomic E-state index is 14.4. The molecule has 5 amide bonds. The standard InChI is InChI=1S/C38H46N6O9S/c45-33-26-17-25(21-39-22-26)24-9-8-11-29(18-24)52-15-6-7-16-53-37(49)41-31-12-5-3-1-2-4-10-27-20-38(27,36(48)43-54(50,51)30-13-14-30)42-34(46)32-19-28(40-33)23-44(32)35(31)47/h4,8-11,17-18,21-22,27-28,30-32H,1-3,5-7,12-16,19-20,23H2,(H,40,45)(H,41,49)(H,42,46)(H,43,48)/t27-,28-,31+,32+,38-/m1/s1. The smallest absolute Gasteiger partial charge is 0.407 e. The van der Waals surface area contributed by atoms with E-state index in [4.69, 9.17) is 9.47 Å². The predicted molar refractivity (Wildman–Crippen MR) is 195 cm³/mol. The van der Waals surface area contributed by atoms with Crippen LogP contribution in [0.4, 0.5) is 4.79 Å². The first-order valence-electron chi connectivity index (χ1n) is 18.8. The molecule has 1 aromatic heterocycles. The number of ether oxygens (including phenoxy) is 2. The van der Waals surface area contributed by atoms with Crippen LogP contribution in [-0.4, -0.2) is 96.7 Å². The third kappa shape index (κ3) is 8.53. The molecule has 3 fully saturated rings. The van der Waals surface area contributed by atoms with Crippen molar-refractivity contribution in [1.29, 1.82) is 0 Å². The van der Waals surface area contributed by atoms with Crippen molar-refractivity contribution in [1.82, 2.24) is 30.6 Å². The lowest BCUT2D eigenvalue weighted by atomic mass is 10.0. The zero-order chi connectivity index (χ0) is 37.9. The summed E-state index contributed by atoms with van der Waals surface area (Å²) in [6.07, 6.45) is 11.4. The number of alkyl carbamates (subject to hydrolysis) is 1. The van der Waals surface area contributed by atoms with Gasteiger partial charge in [-0.1, -0.05) is 37.1 Å². The van der Waals surface area contributed by atoms with Gasteiger partial charge in [0, 0.05) is 36.5 Å². The van der Waals surface area contributed by atoms with Crippen LogP contribution in [0.1, 0.15) is 81.0 Å². The number of allylic oxidation sites excluding steroid dienone is 1. The van der Waals surface area contributed by atoms with Crippen LogP contribution in [0.2, 0.25) is 0 Å². The molecule has 54 heavy (non-hydrogen) atoms. The maximum atomic E-state index is 14.4. The number of nitrogens with one attached hydrogen (secondary N) is 4. The molecule has 1 aromatic carbocycles. The number of pyridine rings is 1. The first-order valence-corrected chi connectivity index (χ1v) is 20.3. The molecule has 0 radical (unpaired) electrons. The largest absolute Gasteiger partial charge is 0.494 e. The average molecular weight is 763 g/mol. The fourth-order valence-electron chi connectivity index (χ4n) is 7.40. The summed E-state index contributed by atoms with van der Waals surface area (Å²) in [6, 6.07) is 6.25. The van der Waals surface area contributed by atoms with Crippen molar-refractivity contribution >= 4 is 39.7 Å². The van der Waals surface area contributed by atoms with Gasteiger partial charge in [0.1, 0.15) is 23.4 Å². The molecule has 0 unspecified atom stereocenters. The van der Waals surface area contributed by atoms with E-state index in [0.29, 0.717) is 56.4 Å². The number of benzene rings is 1. The highest BCUT2D eigenvalue weighted by molar-refractivity contribution is 7.91. The Balaban J connectivity index is 1.19. The van der Waals surface area contributed by atoms with Crippen molar-refractivity contribution in [2.24, 2.45) is 5.92 Å². The number of nitrogens with zero attached hydrogens (tertiary/aromatic N) is 2. The van der Waals surface area contributed by atoms with Gasteiger partial charge in [0.05, 0.1) is 24.0 Å². The molecule has 1 saturated heterocycles. The fraction of sp³-hybridized carbons (Fsp3) is 0.526. The summed E-state index contributed by atoms with van der Waals surface area (Å²) in [5, 5.41) is 7.87. The van der Waals surface area contributed by atoms with Crippen molar-refractivity contribution in [2.75, 3.05) is 19.8 Å². The summed E-state index contributed by atoms with van der Waals surface area (Å²) in [6.45, 7) is 0.428. The maximum Gasteiger partial charge on any atom is 0.407 e. The fourth-order valence-corrected chi connectivity index (χ4v) is 8.77. The molecule has 7 bridgehead atoms. The van der Waals surface area contributed by atoms with Crippen LogP contribution in [0.5, 0.6) is 5.75 Å². The number of cyclic esters (lactones) is 1. The van der Waals surface area contributed by atoms with Gasteiger partial charge < -0.3 is 30.3 Å². The Hall–Kier alpha value is -4.99. The minimum atomic E-state index is -3.90. The van der Waals surface area contributed by atoms with Crippen LogP contribution in [0.15, 0.2) is 54.9 Å². The molecule has 3 aliphatic heterocycles. The molecule has 5 aliphatic rings. The molecule has 7 rings (SSSR count). The predicted octanol–water partition coefficient (Wildman–Crippen LogP) is 2.72. The number of fused-ring (bicyclic) bond motifs is 8. The molecule has 2 aromatic rings. The minimum Gasteiger partial charge on any atom is -0.494 e. The zero-order valence-electron chi connectivity index (χ0n) is 30.0. The lowest BCUT2D eigenvalue weighted by molar-refractivity contribution is -0.141. The van der Waals surface area contributed by atoms with Gasteiger partial charge in [-0.3, -0.25) is 28.9 Å². The van der Waals surface area contributed by atoms with Crippen LogP contribution in [0.25, 0.3) is 11.1 Å². The van der Waals surface area contributed by atoms with E-state index in [1.807, 2.05) is 36.4 Å². The van der Waals surface area contributed by atoms with E-state index < -0.39 is 74.6 Å². The number of amides is 5. The highest BCUT2D eigenvalue weighted by Gasteiger charge is 2.62. The van der Waals surface area contributed by atoms with Crippen molar-refractivity contribution in [3.63, 3.8) is 0 Å². The lowest BCUT2D eigenvalue weighted by Gasteiger charge is -2.30. The topological polar surface area (TPSA) is 202 Å². The number of carbonyl (C=O) groups excluding carboxylic acids is 5. The number of sulfonamides is 1. The van der Waals surface area contributed by atoms with Crippen LogP contribution in [0, 0.1) is 5.92 Å². The van der Waals surface area contributed by atoms with Gasteiger partial charge in [-0.05, 0) is 81.5 Å². The number of aromatic nitrogens is 1. The van der Waals surface area contributed by atoms with E-state index in [9.17, 15) is 32.4 Å². The average Bonchev–Trinajstić information content (AvgIpc) is 4.08. The van der Waals surface area contributed by atoms with Crippen molar-refractivity contribution in [3.8, 4) is 16.9 Å². The quantitative estimate of drug-likeness (QED) is 0.337. The summed E-state index contributed by atoms with van der Waals surface area (Å²) >= 11 is 0. The summed E-state index contributed by atoms with van der Waals surface area (Å²) in [5.74, 6) is -2.27.